The number of thiophene rings is 1. The highest BCUT2D eigenvalue weighted by Crippen LogP contribution is 2.16. The van der Waals surface area contributed by atoms with E-state index in [0.29, 0.717) is 5.56 Å². The van der Waals surface area contributed by atoms with Crippen molar-refractivity contribution in [3.63, 3.8) is 0 Å². The van der Waals surface area contributed by atoms with Crippen LogP contribution >= 0.6 is 11.3 Å². The lowest BCUT2D eigenvalue weighted by molar-refractivity contribution is 0.584. The first-order valence-electron chi connectivity index (χ1n) is 6.06. The minimum absolute atomic E-state index is 0.253. The standard InChI is InChI=1S/C14H16N2O2S2/c1-10-4-5-14(12(3)8-10)20(17,18)16-15-9-13-11(2)6-7-19-13/h4-9,16H,1-3H3/b15-9+. The van der Waals surface area contributed by atoms with E-state index in [4.69, 9.17) is 0 Å². The second kappa shape index (κ2) is 5.76. The van der Waals surface area contributed by atoms with Gasteiger partial charge in [-0.25, -0.2) is 4.83 Å². The second-order valence-corrected chi connectivity index (χ2v) is 7.17. The molecule has 0 unspecified atom stereocenters. The predicted molar refractivity (Wildman–Crippen MR) is 82.9 cm³/mol. The fourth-order valence-electron chi connectivity index (χ4n) is 1.82. The van der Waals surface area contributed by atoms with Gasteiger partial charge in [-0.3, -0.25) is 0 Å². The molecule has 1 aromatic heterocycles. The van der Waals surface area contributed by atoms with Crippen molar-refractivity contribution in [3.8, 4) is 0 Å². The second-order valence-electron chi connectivity index (χ2n) is 4.59. The maximum Gasteiger partial charge on any atom is 0.276 e. The first-order valence-corrected chi connectivity index (χ1v) is 8.42. The fourth-order valence-corrected chi connectivity index (χ4v) is 3.63. The Hall–Kier alpha value is -1.66. The van der Waals surface area contributed by atoms with Crippen LogP contribution in [0, 0.1) is 20.8 Å². The number of rotatable bonds is 4. The number of hydrazone groups is 1. The topological polar surface area (TPSA) is 58.5 Å². The van der Waals surface area contributed by atoms with Gasteiger partial charge in [0, 0.05) is 0 Å². The highest BCUT2D eigenvalue weighted by Gasteiger charge is 2.15. The minimum Gasteiger partial charge on any atom is -0.200 e. The number of benzene rings is 1. The zero-order valence-electron chi connectivity index (χ0n) is 11.5. The normalized spacial score (nSPS) is 11.9. The number of hydrogen-bond donors (Lipinski definition) is 1. The quantitative estimate of drug-likeness (QED) is 0.697. The average Bonchev–Trinajstić information content (AvgIpc) is 2.74. The van der Waals surface area contributed by atoms with Gasteiger partial charge in [0.2, 0.25) is 0 Å². The largest absolute Gasteiger partial charge is 0.276 e. The summed E-state index contributed by atoms with van der Waals surface area (Å²) in [5.41, 5.74) is 2.81. The summed E-state index contributed by atoms with van der Waals surface area (Å²) in [7, 11) is -3.62. The van der Waals surface area contributed by atoms with Crippen LogP contribution in [0.1, 0.15) is 21.6 Å². The highest BCUT2D eigenvalue weighted by atomic mass is 32.2. The summed E-state index contributed by atoms with van der Waals surface area (Å²) in [6.07, 6.45) is 1.53. The average molecular weight is 308 g/mol. The molecule has 0 atom stereocenters. The molecule has 1 N–H and O–H groups in total. The smallest absolute Gasteiger partial charge is 0.200 e. The molecule has 2 rings (SSSR count). The van der Waals surface area contributed by atoms with Gasteiger partial charge in [-0.15, -0.1) is 11.3 Å². The Morgan fingerprint density at radius 1 is 1.15 bits per heavy atom. The lowest BCUT2D eigenvalue weighted by Gasteiger charge is -2.07. The summed E-state index contributed by atoms with van der Waals surface area (Å²) in [6, 6.07) is 7.17. The van der Waals surface area contributed by atoms with Gasteiger partial charge < -0.3 is 0 Å². The van der Waals surface area contributed by atoms with Crippen molar-refractivity contribution in [2.75, 3.05) is 0 Å². The number of nitrogens with one attached hydrogen (secondary N) is 1. The molecule has 0 bridgehead atoms. The molecule has 0 aliphatic rings. The van der Waals surface area contributed by atoms with E-state index in [-0.39, 0.29) is 4.90 Å². The van der Waals surface area contributed by atoms with E-state index in [9.17, 15) is 8.42 Å². The number of nitrogens with zero attached hydrogens (tertiary/aromatic N) is 1. The molecule has 1 heterocycles. The van der Waals surface area contributed by atoms with Gasteiger partial charge in [0.25, 0.3) is 10.0 Å². The van der Waals surface area contributed by atoms with Gasteiger partial charge in [0.05, 0.1) is 16.0 Å². The molecule has 0 saturated heterocycles. The van der Waals surface area contributed by atoms with E-state index in [1.54, 1.807) is 19.1 Å². The van der Waals surface area contributed by atoms with Crippen LogP contribution in [0.3, 0.4) is 0 Å². The summed E-state index contributed by atoms with van der Waals surface area (Å²) in [5.74, 6) is 0. The molecule has 6 heteroatoms. The van der Waals surface area contributed by atoms with E-state index >= 15 is 0 Å². The Morgan fingerprint density at radius 3 is 2.50 bits per heavy atom. The molecular weight excluding hydrogens is 292 g/mol. The van der Waals surface area contributed by atoms with Gasteiger partial charge in [-0.2, -0.15) is 13.5 Å². The maximum atomic E-state index is 12.2. The number of hydrogen-bond acceptors (Lipinski definition) is 4. The van der Waals surface area contributed by atoms with Crippen molar-refractivity contribution >= 4 is 27.6 Å². The van der Waals surface area contributed by atoms with E-state index in [1.807, 2.05) is 31.4 Å². The van der Waals surface area contributed by atoms with Crippen LogP contribution in [-0.2, 0) is 10.0 Å². The Kier molecular flexibility index (Phi) is 4.25. The number of aryl methyl sites for hydroxylation is 3. The summed E-state index contributed by atoms with van der Waals surface area (Å²) in [5, 5.41) is 5.77. The van der Waals surface area contributed by atoms with Crippen molar-refractivity contribution in [1.29, 1.82) is 0 Å². The summed E-state index contributed by atoms with van der Waals surface area (Å²) < 4.78 is 24.3. The van der Waals surface area contributed by atoms with E-state index in [0.717, 1.165) is 16.0 Å². The van der Waals surface area contributed by atoms with Gasteiger partial charge in [0.1, 0.15) is 0 Å². The van der Waals surface area contributed by atoms with Crippen LogP contribution in [0.5, 0.6) is 0 Å². The molecule has 0 spiro atoms. The molecule has 4 nitrogen and oxygen atoms in total. The van der Waals surface area contributed by atoms with Crippen LogP contribution in [0.15, 0.2) is 39.6 Å². The maximum absolute atomic E-state index is 12.2. The van der Waals surface area contributed by atoms with Crippen molar-refractivity contribution in [2.45, 2.75) is 25.7 Å². The Balaban J connectivity index is 2.20. The van der Waals surface area contributed by atoms with Crippen molar-refractivity contribution in [2.24, 2.45) is 5.10 Å². The Morgan fingerprint density at radius 2 is 1.90 bits per heavy atom. The molecule has 20 heavy (non-hydrogen) atoms. The molecule has 0 aliphatic carbocycles. The highest BCUT2D eigenvalue weighted by molar-refractivity contribution is 7.89. The minimum atomic E-state index is -3.62. The first-order chi connectivity index (χ1) is 9.40. The lowest BCUT2D eigenvalue weighted by Crippen LogP contribution is -2.19. The third-order valence-corrected chi connectivity index (χ3v) is 5.21. The molecule has 0 amide bonds. The Labute approximate surface area is 123 Å². The van der Waals surface area contributed by atoms with Crippen molar-refractivity contribution in [3.05, 3.63) is 51.2 Å². The van der Waals surface area contributed by atoms with E-state index in [2.05, 4.69) is 9.93 Å². The van der Waals surface area contributed by atoms with Gasteiger partial charge in [0.15, 0.2) is 0 Å². The van der Waals surface area contributed by atoms with Gasteiger partial charge in [-0.05, 0) is 49.4 Å². The monoisotopic (exact) mass is 308 g/mol. The molecule has 0 aliphatic heterocycles. The third kappa shape index (κ3) is 3.26. The molecule has 0 saturated carbocycles. The van der Waals surface area contributed by atoms with Crippen molar-refractivity contribution < 1.29 is 8.42 Å². The zero-order chi connectivity index (χ0) is 14.8. The predicted octanol–water partition coefficient (Wildman–Crippen LogP) is 2.99. The molecule has 2 aromatic rings. The van der Waals surface area contributed by atoms with E-state index < -0.39 is 10.0 Å². The molecule has 1 aromatic carbocycles. The zero-order valence-corrected chi connectivity index (χ0v) is 13.2. The van der Waals surface area contributed by atoms with Crippen LogP contribution in [0.2, 0.25) is 0 Å². The van der Waals surface area contributed by atoms with Crippen LogP contribution in [-0.4, -0.2) is 14.6 Å². The first kappa shape index (κ1) is 14.7. The third-order valence-electron chi connectivity index (χ3n) is 2.88. The van der Waals surface area contributed by atoms with E-state index in [1.165, 1.54) is 17.6 Å². The summed E-state index contributed by atoms with van der Waals surface area (Å²) in [6.45, 7) is 5.65. The fraction of sp³-hybridized carbons (Fsp3) is 0.214. The SMILES string of the molecule is Cc1ccc(S(=O)(=O)N/N=C/c2sccc2C)c(C)c1. The summed E-state index contributed by atoms with van der Waals surface area (Å²) in [4.78, 5) is 3.44. The van der Waals surface area contributed by atoms with Crippen LogP contribution < -0.4 is 4.83 Å². The Bertz CT molecular complexity index is 746. The van der Waals surface area contributed by atoms with Gasteiger partial charge in [-0.1, -0.05) is 17.7 Å². The van der Waals surface area contributed by atoms with Crippen molar-refractivity contribution in [1.82, 2.24) is 4.83 Å². The van der Waals surface area contributed by atoms with Crippen LogP contribution in [0.4, 0.5) is 0 Å². The molecule has 0 fully saturated rings. The number of sulfonamides is 1. The lowest BCUT2D eigenvalue weighted by atomic mass is 10.2. The molecule has 106 valence electrons. The van der Waals surface area contributed by atoms with Gasteiger partial charge >= 0.3 is 0 Å². The molecular formula is C14H16N2O2S2. The summed E-state index contributed by atoms with van der Waals surface area (Å²) >= 11 is 1.52. The molecule has 0 radical (unpaired) electrons. The van der Waals surface area contributed by atoms with Crippen LogP contribution in [0.25, 0.3) is 0 Å².